The van der Waals surface area contributed by atoms with Gasteiger partial charge in [-0.3, -0.25) is 9.59 Å². The number of amides is 2. The highest BCUT2D eigenvalue weighted by molar-refractivity contribution is 6.32. The summed E-state index contributed by atoms with van der Waals surface area (Å²) in [7, 11) is 7.49. The lowest BCUT2D eigenvalue weighted by Crippen LogP contribution is -2.21. The van der Waals surface area contributed by atoms with Crippen LogP contribution in [0, 0.1) is 0 Å². The predicted octanol–water partition coefficient (Wildman–Crippen LogP) is 3.25. The third-order valence-electron chi connectivity index (χ3n) is 4.58. The molecule has 0 saturated carbocycles. The van der Waals surface area contributed by atoms with E-state index in [-0.39, 0.29) is 11.8 Å². The Labute approximate surface area is 165 Å². The molecule has 146 valence electrons. The molecule has 1 heterocycles. The maximum atomic E-state index is 12.5. The summed E-state index contributed by atoms with van der Waals surface area (Å²) >= 11 is 0. The van der Waals surface area contributed by atoms with Crippen molar-refractivity contribution in [2.45, 2.75) is 13.5 Å². The Kier molecular flexibility index (Phi) is 5.51. The van der Waals surface area contributed by atoms with Gasteiger partial charge in [-0.25, -0.2) is 0 Å². The number of anilines is 2. The van der Waals surface area contributed by atoms with Gasteiger partial charge < -0.3 is 20.4 Å². The van der Waals surface area contributed by atoms with Gasteiger partial charge in [0, 0.05) is 48.8 Å². The van der Waals surface area contributed by atoms with E-state index in [0.29, 0.717) is 11.1 Å². The second kappa shape index (κ2) is 7.86. The van der Waals surface area contributed by atoms with Crippen molar-refractivity contribution in [3.63, 3.8) is 0 Å². The molecule has 0 aliphatic carbocycles. The quantitative estimate of drug-likeness (QED) is 0.784. The monoisotopic (exact) mass is 378 g/mol. The number of benzene rings is 2. The first-order valence-corrected chi connectivity index (χ1v) is 9.15. The van der Waals surface area contributed by atoms with Crippen molar-refractivity contribution in [1.29, 1.82) is 0 Å². The Morgan fingerprint density at radius 1 is 1.04 bits per heavy atom. The molecule has 0 saturated heterocycles. The lowest BCUT2D eigenvalue weighted by Gasteiger charge is -2.13. The normalized spacial score (nSPS) is 14.6. The van der Waals surface area contributed by atoms with Gasteiger partial charge in [0.05, 0.1) is 5.57 Å². The van der Waals surface area contributed by atoms with Crippen molar-refractivity contribution >= 4 is 28.8 Å². The fraction of sp³-hybridized carbons (Fsp3) is 0.273. The highest BCUT2D eigenvalue weighted by atomic mass is 16.2. The molecule has 1 aliphatic rings. The van der Waals surface area contributed by atoms with Crippen LogP contribution in [0.2, 0.25) is 0 Å². The van der Waals surface area contributed by atoms with Crippen LogP contribution >= 0.6 is 0 Å². The average molecular weight is 378 g/mol. The second-order valence-electron chi connectivity index (χ2n) is 7.47. The molecule has 3 rings (SSSR count). The Hall–Kier alpha value is -3.12. The van der Waals surface area contributed by atoms with Crippen molar-refractivity contribution in [2.75, 3.05) is 38.8 Å². The van der Waals surface area contributed by atoms with Crippen molar-refractivity contribution < 1.29 is 9.59 Å². The standard InChI is InChI=1S/C22H26N4O2/c1-14(23-17-9-6-15(7-10-17)13-25(2)3)20-18-12-16(22(28)26(4)5)8-11-19(18)24-21(20)27/h6-12,23H,13H2,1-5H3,(H,24,27). The van der Waals surface area contributed by atoms with Crippen LogP contribution in [0.15, 0.2) is 48.2 Å². The molecule has 0 atom stereocenters. The van der Waals surface area contributed by atoms with E-state index in [0.717, 1.165) is 29.2 Å². The topological polar surface area (TPSA) is 64.7 Å². The van der Waals surface area contributed by atoms with E-state index in [1.54, 1.807) is 32.3 Å². The van der Waals surface area contributed by atoms with Crippen molar-refractivity contribution in [3.05, 3.63) is 64.9 Å². The highest BCUT2D eigenvalue weighted by Crippen LogP contribution is 2.35. The van der Waals surface area contributed by atoms with Crippen LogP contribution in [0.1, 0.15) is 28.4 Å². The number of rotatable bonds is 5. The third-order valence-corrected chi connectivity index (χ3v) is 4.58. The number of carbonyl (C=O) groups is 2. The van der Waals surface area contributed by atoms with E-state index >= 15 is 0 Å². The molecule has 1 aliphatic heterocycles. The second-order valence-corrected chi connectivity index (χ2v) is 7.47. The van der Waals surface area contributed by atoms with E-state index in [2.05, 4.69) is 27.7 Å². The molecule has 2 N–H and O–H groups in total. The Balaban J connectivity index is 1.90. The SMILES string of the molecule is CC(Nc1ccc(CN(C)C)cc1)=C1C(=O)Nc2ccc(C(=O)N(C)C)cc21. The predicted molar refractivity (Wildman–Crippen MR) is 113 cm³/mol. The molecule has 0 radical (unpaired) electrons. The Morgan fingerprint density at radius 2 is 1.71 bits per heavy atom. The van der Waals surface area contributed by atoms with Gasteiger partial charge in [0.2, 0.25) is 0 Å². The number of allylic oxidation sites excluding steroid dienone is 1. The van der Waals surface area contributed by atoms with Crippen LogP contribution in [-0.4, -0.2) is 49.8 Å². The van der Waals surface area contributed by atoms with E-state index < -0.39 is 0 Å². The molecule has 6 heteroatoms. The molecular formula is C22H26N4O2. The summed E-state index contributed by atoms with van der Waals surface area (Å²) in [6.07, 6.45) is 0. The van der Waals surface area contributed by atoms with E-state index in [1.807, 2.05) is 33.2 Å². The highest BCUT2D eigenvalue weighted by Gasteiger charge is 2.27. The molecule has 0 spiro atoms. The Bertz CT molecular complexity index is 944. The van der Waals surface area contributed by atoms with Gasteiger partial charge in [-0.05, 0) is 56.9 Å². The molecule has 2 aromatic carbocycles. The minimum Gasteiger partial charge on any atom is -0.358 e. The first kappa shape index (κ1) is 19.6. The molecule has 0 unspecified atom stereocenters. The first-order chi connectivity index (χ1) is 13.3. The average Bonchev–Trinajstić information content (AvgIpc) is 2.97. The molecular weight excluding hydrogens is 352 g/mol. The van der Waals surface area contributed by atoms with Gasteiger partial charge >= 0.3 is 0 Å². The molecule has 6 nitrogen and oxygen atoms in total. The fourth-order valence-corrected chi connectivity index (χ4v) is 3.27. The summed E-state index contributed by atoms with van der Waals surface area (Å²) in [5.74, 6) is -0.262. The summed E-state index contributed by atoms with van der Waals surface area (Å²) in [4.78, 5) is 28.5. The summed E-state index contributed by atoms with van der Waals surface area (Å²) in [6, 6.07) is 13.4. The number of fused-ring (bicyclic) bond motifs is 1. The number of nitrogens with zero attached hydrogens (tertiary/aromatic N) is 2. The van der Waals surface area contributed by atoms with Crippen molar-refractivity contribution in [2.24, 2.45) is 0 Å². The molecule has 2 aromatic rings. The van der Waals surface area contributed by atoms with Crippen LogP contribution in [-0.2, 0) is 11.3 Å². The minimum atomic E-state index is -0.168. The van der Waals surface area contributed by atoms with Crippen LogP contribution in [0.4, 0.5) is 11.4 Å². The van der Waals surface area contributed by atoms with Gasteiger partial charge in [-0.1, -0.05) is 12.1 Å². The van der Waals surface area contributed by atoms with Crippen molar-refractivity contribution in [3.8, 4) is 0 Å². The third kappa shape index (κ3) is 4.07. The smallest absolute Gasteiger partial charge is 0.258 e. The number of carbonyl (C=O) groups excluding carboxylic acids is 2. The van der Waals surface area contributed by atoms with Gasteiger partial charge in [-0.2, -0.15) is 0 Å². The minimum absolute atomic E-state index is 0.0939. The van der Waals surface area contributed by atoms with Gasteiger partial charge in [0.15, 0.2) is 0 Å². The van der Waals surface area contributed by atoms with Crippen LogP contribution < -0.4 is 10.6 Å². The molecule has 28 heavy (non-hydrogen) atoms. The molecule has 0 bridgehead atoms. The lowest BCUT2D eigenvalue weighted by atomic mass is 10.0. The largest absolute Gasteiger partial charge is 0.358 e. The van der Waals surface area contributed by atoms with Crippen molar-refractivity contribution in [1.82, 2.24) is 9.80 Å². The maximum Gasteiger partial charge on any atom is 0.258 e. The van der Waals surface area contributed by atoms with Crippen LogP contribution in [0.5, 0.6) is 0 Å². The van der Waals surface area contributed by atoms with E-state index in [4.69, 9.17) is 0 Å². The number of nitrogens with one attached hydrogen (secondary N) is 2. The fourth-order valence-electron chi connectivity index (χ4n) is 3.27. The van der Waals surface area contributed by atoms with E-state index in [9.17, 15) is 9.59 Å². The summed E-state index contributed by atoms with van der Waals surface area (Å²) in [5.41, 5.74) is 5.45. The summed E-state index contributed by atoms with van der Waals surface area (Å²) < 4.78 is 0. The maximum absolute atomic E-state index is 12.5. The molecule has 0 fully saturated rings. The lowest BCUT2D eigenvalue weighted by molar-refractivity contribution is -0.110. The van der Waals surface area contributed by atoms with Gasteiger partial charge in [0.1, 0.15) is 0 Å². The first-order valence-electron chi connectivity index (χ1n) is 9.15. The zero-order valence-electron chi connectivity index (χ0n) is 17.0. The number of hydrogen-bond donors (Lipinski definition) is 2. The zero-order chi connectivity index (χ0) is 20.4. The summed E-state index contributed by atoms with van der Waals surface area (Å²) in [6.45, 7) is 2.75. The van der Waals surface area contributed by atoms with Crippen LogP contribution in [0.3, 0.4) is 0 Å². The van der Waals surface area contributed by atoms with Crippen LogP contribution in [0.25, 0.3) is 5.57 Å². The van der Waals surface area contributed by atoms with Gasteiger partial charge in [-0.15, -0.1) is 0 Å². The molecule has 2 amide bonds. The van der Waals surface area contributed by atoms with Gasteiger partial charge in [0.25, 0.3) is 11.8 Å². The molecule has 0 aromatic heterocycles. The summed E-state index contributed by atoms with van der Waals surface area (Å²) in [5, 5.41) is 6.19. The van der Waals surface area contributed by atoms with E-state index in [1.165, 1.54) is 10.5 Å². The Morgan fingerprint density at radius 3 is 2.32 bits per heavy atom. The zero-order valence-corrected chi connectivity index (χ0v) is 17.0. The number of hydrogen-bond acceptors (Lipinski definition) is 4.